The summed E-state index contributed by atoms with van der Waals surface area (Å²) < 4.78 is 10.5. The van der Waals surface area contributed by atoms with Gasteiger partial charge in [0, 0.05) is 12.1 Å². The Labute approximate surface area is 194 Å². The number of hydrogen-bond donors (Lipinski definition) is 2. The molecule has 11 heteroatoms. The number of carbonyl (C=O) groups excluding carboxylic acids is 3. The zero-order valence-electron chi connectivity index (χ0n) is 16.7. The Morgan fingerprint density at radius 1 is 1.10 bits per heavy atom. The lowest BCUT2D eigenvalue weighted by Crippen LogP contribution is -2.38. The van der Waals surface area contributed by atoms with Crippen LogP contribution in [0.1, 0.15) is 17.3 Å². The number of carbonyl (C=O) groups is 3. The Morgan fingerprint density at radius 3 is 2.29 bits per heavy atom. The fourth-order valence-electron chi connectivity index (χ4n) is 2.61. The van der Waals surface area contributed by atoms with Gasteiger partial charge in [0.1, 0.15) is 6.54 Å². The maximum Gasteiger partial charge on any atom is 0.255 e. The van der Waals surface area contributed by atoms with Crippen LogP contribution in [0.2, 0.25) is 15.1 Å². The molecule has 3 amide bonds. The molecule has 3 N–H and O–H groups in total. The minimum absolute atomic E-state index is 0.0484. The first-order valence-electron chi connectivity index (χ1n) is 8.99. The van der Waals surface area contributed by atoms with Crippen molar-refractivity contribution >= 4 is 58.2 Å². The van der Waals surface area contributed by atoms with Crippen LogP contribution in [0.15, 0.2) is 30.3 Å². The van der Waals surface area contributed by atoms with Crippen molar-refractivity contribution in [3.8, 4) is 11.5 Å². The summed E-state index contributed by atoms with van der Waals surface area (Å²) >= 11 is 18.3. The predicted molar refractivity (Wildman–Crippen MR) is 119 cm³/mol. The molecule has 2 aromatic carbocycles. The zero-order chi connectivity index (χ0) is 23.1. The smallest absolute Gasteiger partial charge is 0.255 e. The van der Waals surface area contributed by atoms with Crippen molar-refractivity contribution in [2.45, 2.75) is 6.92 Å². The molecule has 2 aromatic rings. The highest BCUT2D eigenvalue weighted by Gasteiger charge is 2.22. The van der Waals surface area contributed by atoms with E-state index < -0.39 is 24.3 Å². The third kappa shape index (κ3) is 6.40. The second-order valence-electron chi connectivity index (χ2n) is 6.21. The van der Waals surface area contributed by atoms with Gasteiger partial charge in [-0.1, -0.05) is 40.9 Å². The lowest BCUT2D eigenvalue weighted by atomic mass is 10.1. The molecule has 0 aliphatic heterocycles. The van der Waals surface area contributed by atoms with E-state index in [1.807, 2.05) is 0 Å². The molecule has 0 heterocycles. The standard InChI is InChI=1S/C20H20Cl3N3O5/c1-3-26(9-17(28)25-18-12(21)5-4-6-13(18)22)20(29)11-7-14(23)19(15(8-11)30-2)31-10-16(24)27/h4-8H,3,9-10H2,1-2H3,(H2,24,27)(H,25,28). The van der Waals surface area contributed by atoms with E-state index >= 15 is 0 Å². The van der Waals surface area contributed by atoms with E-state index in [-0.39, 0.29) is 50.9 Å². The van der Waals surface area contributed by atoms with Crippen molar-refractivity contribution in [3.63, 3.8) is 0 Å². The fourth-order valence-corrected chi connectivity index (χ4v) is 3.36. The van der Waals surface area contributed by atoms with Gasteiger partial charge in [-0.2, -0.15) is 0 Å². The number of primary amides is 1. The molecule has 0 unspecified atom stereocenters. The Bertz CT molecular complexity index is 980. The van der Waals surface area contributed by atoms with Gasteiger partial charge in [0.2, 0.25) is 5.91 Å². The van der Waals surface area contributed by atoms with Gasteiger partial charge in [0.15, 0.2) is 18.1 Å². The van der Waals surface area contributed by atoms with Crippen molar-refractivity contribution in [1.29, 1.82) is 0 Å². The number of amides is 3. The molecule has 0 aliphatic carbocycles. The monoisotopic (exact) mass is 487 g/mol. The number of nitrogens with two attached hydrogens (primary N) is 1. The number of rotatable bonds is 9. The summed E-state index contributed by atoms with van der Waals surface area (Å²) in [6, 6.07) is 7.57. The highest BCUT2D eigenvalue weighted by molar-refractivity contribution is 6.39. The summed E-state index contributed by atoms with van der Waals surface area (Å²) in [6.07, 6.45) is 0. The summed E-state index contributed by atoms with van der Waals surface area (Å²) in [5.41, 5.74) is 5.50. The first-order valence-corrected chi connectivity index (χ1v) is 10.1. The molecule has 31 heavy (non-hydrogen) atoms. The Balaban J connectivity index is 2.20. The first-order chi connectivity index (χ1) is 14.7. The summed E-state index contributed by atoms with van der Waals surface area (Å²) in [4.78, 5) is 37.7. The van der Waals surface area contributed by atoms with Crippen LogP contribution >= 0.6 is 34.8 Å². The van der Waals surface area contributed by atoms with Crippen LogP contribution in [0.5, 0.6) is 11.5 Å². The molecule has 0 bridgehead atoms. The molecule has 0 saturated carbocycles. The summed E-state index contributed by atoms with van der Waals surface area (Å²) in [6.45, 7) is 1.30. The average molecular weight is 489 g/mol. The van der Waals surface area contributed by atoms with Gasteiger partial charge in [0.25, 0.3) is 11.8 Å². The predicted octanol–water partition coefficient (Wildman–Crippen LogP) is 3.62. The van der Waals surface area contributed by atoms with Crippen LogP contribution in [-0.4, -0.2) is 49.4 Å². The van der Waals surface area contributed by atoms with Crippen molar-refractivity contribution in [2.24, 2.45) is 5.73 Å². The number of benzene rings is 2. The molecule has 0 radical (unpaired) electrons. The molecule has 0 saturated heterocycles. The average Bonchev–Trinajstić information content (AvgIpc) is 2.72. The normalized spacial score (nSPS) is 10.4. The summed E-state index contributed by atoms with van der Waals surface area (Å²) in [5, 5.41) is 3.21. The number of nitrogens with zero attached hydrogens (tertiary/aromatic N) is 1. The van der Waals surface area contributed by atoms with Gasteiger partial charge in [0.05, 0.1) is 27.9 Å². The van der Waals surface area contributed by atoms with Gasteiger partial charge < -0.3 is 25.4 Å². The molecular weight excluding hydrogens is 469 g/mol. The Kier molecular flexibility index (Phi) is 8.79. The van der Waals surface area contributed by atoms with E-state index in [9.17, 15) is 14.4 Å². The maximum atomic E-state index is 13.0. The first kappa shape index (κ1) is 24.6. The van der Waals surface area contributed by atoms with E-state index in [4.69, 9.17) is 50.0 Å². The number of para-hydroxylation sites is 1. The van der Waals surface area contributed by atoms with E-state index in [0.717, 1.165) is 0 Å². The molecule has 0 fully saturated rings. The number of anilines is 1. The molecule has 0 aliphatic rings. The second kappa shape index (κ2) is 11.1. The molecule has 0 atom stereocenters. The van der Waals surface area contributed by atoms with Crippen molar-refractivity contribution in [2.75, 3.05) is 32.1 Å². The largest absolute Gasteiger partial charge is 0.493 e. The molecule has 0 spiro atoms. The van der Waals surface area contributed by atoms with Gasteiger partial charge >= 0.3 is 0 Å². The van der Waals surface area contributed by atoms with Crippen LogP contribution < -0.4 is 20.5 Å². The van der Waals surface area contributed by atoms with Crippen LogP contribution in [0.25, 0.3) is 0 Å². The quantitative estimate of drug-likeness (QED) is 0.560. The highest BCUT2D eigenvalue weighted by atomic mass is 35.5. The van der Waals surface area contributed by atoms with Crippen LogP contribution in [0.3, 0.4) is 0 Å². The lowest BCUT2D eigenvalue weighted by molar-refractivity contribution is -0.120. The molecule has 8 nitrogen and oxygen atoms in total. The fraction of sp³-hybridized carbons (Fsp3) is 0.250. The van der Waals surface area contributed by atoms with Crippen molar-refractivity contribution in [3.05, 3.63) is 51.0 Å². The third-order valence-electron chi connectivity index (χ3n) is 4.07. The van der Waals surface area contributed by atoms with E-state index in [2.05, 4.69) is 5.32 Å². The Hall–Kier alpha value is -2.68. The lowest BCUT2D eigenvalue weighted by Gasteiger charge is -2.22. The summed E-state index contributed by atoms with van der Waals surface area (Å²) in [7, 11) is 1.36. The molecule has 2 rings (SSSR count). The highest BCUT2D eigenvalue weighted by Crippen LogP contribution is 2.37. The van der Waals surface area contributed by atoms with Gasteiger partial charge in [-0.3, -0.25) is 14.4 Å². The van der Waals surface area contributed by atoms with Gasteiger partial charge in [-0.15, -0.1) is 0 Å². The second-order valence-corrected chi connectivity index (χ2v) is 7.43. The van der Waals surface area contributed by atoms with Crippen LogP contribution in [0, 0.1) is 0 Å². The minimum Gasteiger partial charge on any atom is -0.493 e. The number of methoxy groups -OCH3 is 1. The number of hydrogen-bond acceptors (Lipinski definition) is 5. The van der Waals surface area contributed by atoms with E-state index in [0.29, 0.717) is 0 Å². The molecule has 166 valence electrons. The maximum absolute atomic E-state index is 13.0. The zero-order valence-corrected chi connectivity index (χ0v) is 19.0. The number of nitrogens with one attached hydrogen (secondary N) is 1. The SMILES string of the molecule is CCN(CC(=O)Nc1c(Cl)cccc1Cl)C(=O)c1cc(Cl)c(OCC(N)=O)c(OC)c1. The van der Waals surface area contributed by atoms with Crippen molar-refractivity contribution < 1.29 is 23.9 Å². The van der Waals surface area contributed by atoms with Crippen molar-refractivity contribution in [1.82, 2.24) is 4.90 Å². The third-order valence-corrected chi connectivity index (χ3v) is 4.98. The molecular formula is C20H20Cl3N3O5. The van der Waals surface area contributed by atoms with E-state index in [1.54, 1.807) is 25.1 Å². The number of halogens is 3. The van der Waals surface area contributed by atoms with Crippen LogP contribution in [0.4, 0.5) is 5.69 Å². The number of ether oxygens (including phenoxy) is 2. The topological polar surface area (TPSA) is 111 Å². The van der Waals surface area contributed by atoms with Gasteiger partial charge in [-0.25, -0.2) is 0 Å². The van der Waals surface area contributed by atoms with Crippen LogP contribution in [-0.2, 0) is 9.59 Å². The Morgan fingerprint density at radius 2 is 1.74 bits per heavy atom. The summed E-state index contributed by atoms with van der Waals surface area (Å²) in [5.74, 6) is -1.43. The van der Waals surface area contributed by atoms with Gasteiger partial charge in [-0.05, 0) is 31.2 Å². The number of likely N-dealkylation sites (N-methyl/N-ethyl adjacent to an activating group) is 1. The van der Waals surface area contributed by atoms with E-state index in [1.165, 1.54) is 24.1 Å². The molecule has 0 aromatic heterocycles. The minimum atomic E-state index is -0.694.